The molecule has 0 amide bonds. The third-order valence-electron chi connectivity index (χ3n) is 2.44. The van der Waals surface area contributed by atoms with Crippen molar-refractivity contribution in [3.05, 3.63) is 41.5 Å². The smallest absolute Gasteiger partial charge is 0.101 e. The van der Waals surface area contributed by atoms with E-state index < -0.39 is 0 Å². The fourth-order valence-corrected chi connectivity index (χ4v) is 1.68. The van der Waals surface area contributed by atoms with E-state index in [1.807, 2.05) is 30.3 Å². The molecule has 1 N–H and O–H groups in total. The highest BCUT2D eigenvalue weighted by Gasteiger charge is 2.25. The van der Waals surface area contributed by atoms with Gasteiger partial charge in [0.1, 0.15) is 5.92 Å². The number of nitriles is 2. The first-order chi connectivity index (χ1) is 7.36. The Hall–Kier alpha value is -2.26. The van der Waals surface area contributed by atoms with Crippen molar-refractivity contribution in [2.75, 3.05) is 6.54 Å². The molecule has 1 aromatic rings. The van der Waals surface area contributed by atoms with Gasteiger partial charge in [-0.05, 0) is 5.56 Å². The number of hydrogen-bond donors (Lipinski definition) is 1. The van der Waals surface area contributed by atoms with Crippen LogP contribution in [0, 0.1) is 28.6 Å². The maximum atomic E-state index is 9.00. The molecule has 1 atom stereocenters. The number of nitrogens with one attached hydrogen (secondary N) is 1. The molecule has 1 aromatic carbocycles. The lowest BCUT2D eigenvalue weighted by atomic mass is 10.0. The van der Waals surface area contributed by atoms with Crippen LogP contribution in [0.3, 0.4) is 0 Å². The molecule has 1 unspecified atom stereocenters. The van der Waals surface area contributed by atoms with Gasteiger partial charge in [-0.2, -0.15) is 10.5 Å². The predicted octanol–water partition coefficient (Wildman–Crippen LogP) is 1.66. The van der Waals surface area contributed by atoms with Crippen molar-refractivity contribution in [1.82, 2.24) is 5.32 Å². The predicted molar refractivity (Wildman–Crippen MR) is 56.1 cm³/mol. The first-order valence-corrected chi connectivity index (χ1v) is 4.70. The van der Waals surface area contributed by atoms with E-state index in [4.69, 9.17) is 10.5 Å². The molecular formula is C12H9N3. The summed E-state index contributed by atoms with van der Waals surface area (Å²) >= 11 is 0. The van der Waals surface area contributed by atoms with Gasteiger partial charge in [0.15, 0.2) is 0 Å². The number of nitrogens with zero attached hydrogens (tertiary/aromatic N) is 2. The van der Waals surface area contributed by atoms with Crippen molar-refractivity contribution in [1.29, 1.82) is 10.5 Å². The first-order valence-electron chi connectivity index (χ1n) is 4.70. The van der Waals surface area contributed by atoms with Gasteiger partial charge in [-0.3, -0.25) is 0 Å². The van der Waals surface area contributed by atoms with Crippen molar-refractivity contribution in [3.63, 3.8) is 0 Å². The minimum absolute atomic E-state index is 0.315. The van der Waals surface area contributed by atoms with Crippen LogP contribution in [0.2, 0.25) is 0 Å². The first kappa shape index (κ1) is 9.30. The van der Waals surface area contributed by atoms with Gasteiger partial charge in [-0.25, -0.2) is 0 Å². The molecule has 0 aromatic heterocycles. The van der Waals surface area contributed by atoms with E-state index in [1.165, 1.54) is 0 Å². The largest absolute Gasteiger partial charge is 0.382 e. The van der Waals surface area contributed by atoms with E-state index in [2.05, 4.69) is 17.5 Å². The van der Waals surface area contributed by atoms with Crippen LogP contribution in [0.5, 0.6) is 0 Å². The quantitative estimate of drug-likeness (QED) is 0.741. The summed E-state index contributed by atoms with van der Waals surface area (Å²) in [6.45, 7) is 0.531. The third-order valence-corrected chi connectivity index (χ3v) is 2.44. The molecule has 0 fully saturated rings. The summed E-state index contributed by atoms with van der Waals surface area (Å²) in [6.07, 6.45) is 0. The van der Waals surface area contributed by atoms with E-state index in [9.17, 15) is 0 Å². The van der Waals surface area contributed by atoms with E-state index in [-0.39, 0.29) is 5.92 Å². The average molecular weight is 195 g/mol. The highest BCUT2D eigenvalue weighted by atomic mass is 14.9. The second kappa shape index (κ2) is 3.86. The Morgan fingerprint density at radius 1 is 1.20 bits per heavy atom. The summed E-state index contributed by atoms with van der Waals surface area (Å²) in [5.41, 5.74) is 2.31. The minimum Gasteiger partial charge on any atom is -0.382 e. The van der Waals surface area contributed by atoms with Gasteiger partial charge in [-0.1, -0.05) is 30.3 Å². The molecule has 15 heavy (non-hydrogen) atoms. The van der Waals surface area contributed by atoms with Crippen molar-refractivity contribution in [3.8, 4) is 12.1 Å². The van der Waals surface area contributed by atoms with Gasteiger partial charge >= 0.3 is 0 Å². The highest BCUT2D eigenvalue weighted by Crippen LogP contribution is 2.26. The lowest BCUT2D eigenvalue weighted by molar-refractivity contribution is 0.791. The lowest BCUT2D eigenvalue weighted by Gasteiger charge is -2.03. The third kappa shape index (κ3) is 1.56. The van der Waals surface area contributed by atoms with Crippen molar-refractivity contribution in [2.24, 2.45) is 5.92 Å². The molecule has 0 bridgehead atoms. The summed E-state index contributed by atoms with van der Waals surface area (Å²) in [4.78, 5) is 0. The zero-order chi connectivity index (χ0) is 10.7. The highest BCUT2D eigenvalue weighted by molar-refractivity contribution is 5.73. The standard InChI is InChI=1S/C12H9N3/c13-6-10-8-15-12(11(10)7-14)9-4-2-1-3-5-9/h1-5,10,15H,8H2. The maximum absolute atomic E-state index is 9.00. The Bertz CT molecular complexity index is 474. The monoisotopic (exact) mass is 195 g/mol. The fraction of sp³-hybridized carbons (Fsp3) is 0.167. The molecule has 1 aliphatic rings. The summed E-state index contributed by atoms with van der Waals surface area (Å²) < 4.78 is 0. The van der Waals surface area contributed by atoms with Crippen LogP contribution >= 0.6 is 0 Å². The molecular weight excluding hydrogens is 186 g/mol. The summed E-state index contributed by atoms with van der Waals surface area (Å²) in [5, 5.41) is 21.0. The van der Waals surface area contributed by atoms with Gasteiger partial charge in [0.05, 0.1) is 23.4 Å². The van der Waals surface area contributed by atoms with E-state index in [1.54, 1.807) is 0 Å². The average Bonchev–Trinajstić information content (AvgIpc) is 2.72. The molecule has 72 valence electrons. The van der Waals surface area contributed by atoms with Gasteiger partial charge in [0, 0.05) is 6.54 Å². The van der Waals surface area contributed by atoms with E-state index >= 15 is 0 Å². The second-order valence-electron chi connectivity index (χ2n) is 3.33. The molecule has 1 aliphatic heterocycles. The Morgan fingerprint density at radius 2 is 1.93 bits per heavy atom. The zero-order valence-corrected chi connectivity index (χ0v) is 8.07. The van der Waals surface area contributed by atoms with Crippen LogP contribution in [-0.4, -0.2) is 6.54 Å². The normalized spacial score (nSPS) is 19.2. The fourth-order valence-electron chi connectivity index (χ4n) is 1.68. The lowest BCUT2D eigenvalue weighted by Crippen LogP contribution is -2.10. The van der Waals surface area contributed by atoms with Crippen LogP contribution in [0.15, 0.2) is 35.9 Å². The molecule has 2 rings (SSSR count). The van der Waals surface area contributed by atoms with E-state index in [0.29, 0.717) is 12.1 Å². The summed E-state index contributed by atoms with van der Waals surface area (Å²) in [7, 11) is 0. The van der Waals surface area contributed by atoms with Gasteiger partial charge in [0.2, 0.25) is 0 Å². The summed E-state index contributed by atoms with van der Waals surface area (Å²) in [5.74, 6) is -0.315. The van der Waals surface area contributed by atoms with Crippen LogP contribution < -0.4 is 5.32 Å². The molecule has 0 spiro atoms. The van der Waals surface area contributed by atoms with E-state index in [0.717, 1.165) is 11.3 Å². The van der Waals surface area contributed by atoms with Gasteiger partial charge in [-0.15, -0.1) is 0 Å². The number of rotatable bonds is 1. The molecule has 0 saturated carbocycles. The van der Waals surface area contributed by atoms with Crippen LogP contribution in [-0.2, 0) is 0 Å². The van der Waals surface area contributed by atoms with Crippen molar-refractivity contribution < 1.29 is 0 Å². The molecule has 0 saturated heterocycles. The molecule has 0 aliphatic carbocycles. The van der Waals surface area contributed by atoms with Crippen LogP contribution in [0.4, 0.5) is 0 Å². The van der Waals surface area contributed by atoms with Crippen molar-refractivity contribution >= 4 is 5.70 Å². The molecule has 3 heteroatoms. The number of hydrogen-bond acceptors (Lipinski definition) is 3. The Labute approximate surface area is 88.3 Å². The summed E-state index contributed by atoms with van der Waals surface area (Å²) in [6, 6.07) is 13.8. The van der Waals surface area contributed by atoms with Gasteiger partial charge < -0.3 is 5.32 Å². The minimum atomic E-state index is -0.315. The topological polar surface area (TPSA) is 59.6 Å². The van der Waals surface area contributed by atoms with Crippen LogP contribution in [0.25, 0.3) is 5.70 Å². The van der Waals surface area contributed by atoms with Crippen LogP contribution in [0.1, 0.15) is 5.56 Å². The Balaban J connectivity index is 2.47. The Morgan fingerprint density at radius 3 is 2.53 bits per heavy atom. The maximum Gasteiger partial charge on any atom is 0.101 e. The SMILES string of the molecule is N#CC1=C(c2ccccc2)NCC1C#N. The van der Waals surface area contributed by atoms with Gasteiger partial charge in [0.25, 0.3) is 0 Å². The number of benzene rings is 1. The second-order valence-corrected chi connectivity index (χ2v) is 3.33. The molecule has 1 heterocycles. The Kier molecular flexibility index (Phi) is 2.39. The van der Waals surface area contributed by atoms with Crippen molar-refractivity contribution in [2.45, 2.75) is 0 Å². The zero-order valence-electron chi connectivity index (χ0n) is 8.07. The molecule has 0 radical (unpaired) electrons. The molecule has 3 nitrogen and oxygen atoms in total.